The van der Waals surface area contributed by atoms with Crippen molar-refractivity contribution in [2.75, 3.05) is 0 Å². The van der Waals surface area contributed by atoms with Gasteiger partial charge in [-0.2, -0.15) is 0 Å². The normalized spacial score (nSPS) is 17.3. The first-order chi connectivity index (χ1) is 4.22. The highest BCUT2D eigenvalue weighted by Gasteiger charge is 2.07. The van der Waals surface area contributed by atoms with Crippen molar-refractivity contribution in [3.63, 3.8) is 0 Å². The maximum atomic E-state index is 3.30. The highest BCUT2D eigenvalue weighted by atomic mass is 127. The fourth-order valence-corrected chi connectivity index (χ4v) is 2.12. The summed E-state index contributed by atoms with van der Waals surface area (Å²) < 4.78 is 3.30. The van der Waals surface area contributed by atoms with E-state index in [2.05, 4.69) is 46.7 Å². The fraction of sp³-hybridized carbons (Fsp3) is 1.00. The summed E-state index contributed by atoms with van der Waals surface area (Å²) in [5, 5.41) is 0. The standard InChI is InChI=1S/C6H14INS/c1-4-5(2)6(3)8-9-7/h5-6,8H,4H2,1-3H3. The third-order valence-corrected chi connectivity index (χ3v) is 2.95. The Morgan fingerprint density at radius 2 is 2.11 bits per heavy atom. The van der Waals surface area contributed by atoms with Crippen molar-refractivity contribution in [3.8, 4) is 0 Å². The molecule has 2 unspecified atom stereocenters. The molecule has 0 saturated heterocycles. The van der Waals surface area contributed by atoms with E-state index in [-0.39, 0.29) is 0 Å². The van der Waals surface area contributed by atoms with Gasteiger partial charge in [-0.05, 0) is 22.0 Å². The summed E-state index contributed by atoms with van der Waals surface area (Å²) in [6.07, 6.45) is 1.26. The maximum absolute atomic E-state index is 3.30. The van der Waals surface area contributed by atoms with Crippen molar-refractivity contribution in [2.45, 2.75) is 33.2 Å². The monoisotopic (exact) mass is 259 g/mol. The molecule has 0 spiro atoms. The lowest BCUT2D eigenvalue weighted by atomic mass is 10.0. The molecule has 0 rings (SSSR count). The SMILES string of the molecule is CCC(C)C(C)NSI. The van der Waals surface area contributed by atoms with E-state index >= 15 is 0 Å². The van der Waals surface area contributed by atoms with Crippen LogP contribution in [0.5, 0.6) is 0 Å². The number of rotatable bonds is 4. The van der Waals surface area contributed by atoms with Gasteiger partial charge in [0.1, 0.15) is 0 Å². The molecule has 56 valence electrons. The minimum atomic E-state index is 0.636. The largest absolute Gasteiger partial charge is 0.252 e. The van der Waals surface area contributed by atoms with Crippen LogP contribution in [0.15, 0.2) is 0 Å². The second-order valence-corrected chi connectivity index (χ2v) is 4.08. The number of hydrogen-bond acceptors (Lipinski definition) is 2. The van der Waals surface area contributed by atoms with Gasteiger partial charge in [0.15, 0.2) is 0 Å². The first-order valence-corrected chi connectivity index (χ1v) is 6.61. The average molecular weight is 259 g/mol. The summed E-state index contributed by atoms with van der Waals surface area (Å²) >= 11 is 2.26. The van der Waals surface area contributed by atoms with Crippen LogP contribution in [0, 0.1) is 5.92 Å². The second-order valence-electron chi connectivity index (χ2n) is 2.37. The summed E-state index contributed by atoms with van der Waals surface area (Å²) in [6.45, 7) is 6.71. The molecule has 0 fully saturated rings. The Hall–Kier alpha value is 1.04. The van der Waals surface area contributed by atoms with E-state index in [9.17, 15) is 0 Å². The highest BCUT2D eigenvalue weighted by Crippen LogP contribution is 2.13. The second kappa shape index (κ2) is 5.80. The molecule has 9 heavy (non-hydrogen) atoms. The van der Waals surface area contributed by atoms with Gasteiger partial charge in [0, 0.05) is 27.2 Å². The summed E-state index contributed by atoms with van der Waals surface area (Å²) in [4.78, 5) is 0. The molecule has 0 aromatic rings. The van der Waals surface area contributed by atoms with Crippen LogP contribution in [-0.2, 0) is 0 Å². The minimum absolute atomic E-state index is 0.636. The lowest BCUT2D eigenvalue weighted by Crippen LogP contribution is -2.25. The summed E-state index contributed by atoms with van der Waals surface area (Å²) in [5.41, 5.74) is 0. The number of nitrogens with one attached hydrogen (secondary N) is 1. The first kappa shape index (κ1) is 10.0. The highest BCUT2D eigenvalue weighted by molar-refractivity contribution is 14.2. The van der Waals surface area contributed by atoms with Gasteiger partial charge in [-0.15, -0.1) is 0 Å². The smallest absolute Gasteiger partial charge is 0.0176 e. The minimum Gasteiger partial charge on any atom is -0.252 e. The molecule has 0 aliphatic rings. The Bertz CT molecular complexity index is 70.1. The Kier molecular flexibility index (Phi) is 6.47. The molecule has 3 heteroatoms. The van der Waals surface area contributed by atoms with Gasteiger partial charge < -0.3 is 0 Å². The van der Waals surface area contributed by atoms with Gasteiger partial charge in [0.2, 0.25) is 0 Å². The Balaban J connectivity index is 3.32. The molecule has 0 bridgehead atoms. The summed E-state index contributed by atoms with van der Waals surface area (Å²) in [5.74, 6) is 0.785. The molecule has 2 atom stereocenters. The topological polar surface area (TPSA) is 12.0 Å². The van der Waals surface area contributed by atoms with Crippen LogP contribution in [0.3, 0.4) is 0 Å². The van der Waals surface area contributed by atoms with Gasteiger partial charge in [-0.3, -0.25) is 4.72 Å². The zero-order valence-electron chi connectivity index (χ0n) is 6.15. The molecular weight excluding hydrogens is 245 g/mol. The molecule has 0 aliphatic carbocycles. The van der Waals surface area contributed by atoms with Crippen molar-refractivity contribution in [3.05, 3.63) is 0 Å². The van der Waals surface area contributed by atoms with E-state index in [0.717, 1.165) is 5.92 Å². The molecule has 0 aliphatic heterocycles. The van der Waals surface area contributed by atoms with Crippen LogP contribution in [0.2, 0.25) is 0 Å². The zero-order valence-corrected chi connectivity index (χ0v) is 9.12. The lowest BCUT2D eigenvalue weighted by Gasteiger charge is -2.16. The Morgan fingerprint density at radius 3 is 2.44 bits per heavy atom. The molecule has 0 heterocycles. The van der Waals surface area contributed by atoms with Crippen LogP contribution in [0.4, 0.5) is 0 Å². The lowest BCUT2D eigenvalue weighted by molar-refractivity contribution is 0.450. The van der Waals surface area contributed by atoms with Crippen molar-refractivity contribution >= 4 is 30.3 Å². The van der Waals surface area contributed by atoms with Crippen LogP contribution in [0.1, 0.15) is 27.2 Å². The third kappa shape index (κ3) is 4.44. The van der Waals surface area contributed by atoms with E-state index in [1.165, 1.54) is 6.42 Å². The fourth-order valence-electron chi connectivity index (χ4n) is 0.540. The third-order valence-electron chi connectivity index (χ3n) is 1.73. The van der Waals surface area contributed by atoms with Gasteiger partial charge >= 0.3 is 0 Å². The van der Waals surface area contributed by atoms with Crippen LogP contribution < -0.4 is 4.72 Å². The molecule has 0 radical (unpaired) electrons. The van der Waals surface area contributed by atoms with Gasteiger partial charge in [0.25, 0.3) is 0 Å². The van der Waals surface area contributed by atoms with Crippen molar-refractivity contribution in [1.82, 2.24) is 4.72 Å². The van der Waals surface area contributed by atoms with Gasteiger partial charge in [-0.25, -0.2) is 0 Å². The summed E-state index contributed by atoms with van der Waals surface area (Å²) in [6, 6.07) is 0.636. The van der Waals surface area contributed by atoms with E-state index in [1.54, 1.807) is 9.12 Å². The predicted molar refractivity (Wildman–Crippen MR) is 53.7 cm³/mol. The first-order valence-electron chi connectivity index (χ1n) is 3.25. The Labute approximate surface area is 74.1 Å². The summed E-state index contributed by atoms with van der Waals surface area (Å²) in [7, 11) is 1.67. The molecule has 0 amide bonds. The zero-order chi connectivity index (χ0) is 7.28. The van der Waals surface area contributed by atoms with E-state index in [0.29, 0.717) is 6.04 Å². The molecular formula is C6H14INS. The van der Waals surface area contributed by atoms with Crippen LogP contribution in [0.25, 0.3) is 0 Å². The van der Waals surface area contributed by atoms with Gasteiger partial charge in [0.05, 0.1) is 0 Å². The number of hydrogen-bond donors (Lipinski definition) is 1. The van der Waals surface area contributed by atoms with E-state index in [4.69, 9.17) is 0 Å². The Morgan fingerprint density at radius 1 is 1.56 bits per heavy atom. The molecule has 0 aromatic carbocycles. The van der Waals surface area contributed by atoms with Crippen molar-refractivity contribution in [1.29, 1.82) is 0 Å². The molecule has 1 nitrogen and oxygen atoms in total. The van der Waals surface area contributed by atoms with Gasteiger partial charge in [-0.1, -0.05) is 20.3 Å². The van der Waals surface area contributed by atoms with E-state index in [1.807, 2.05) is 0 Å². The molecule has 0 saturated carbocycles. The molecule has 1 N–H and O–H groups in total. The van der Waals surface area contributed by atoms with Crippen molar-refractivity contribution < 1.29 is 0 Å². The van der Waals surface area contributed by atoms with Crippen molar-refractivity contribution in [2.24, 2.45) is 5.92 Å². The average Bonchev–Trinajstić information content (AvgIpc) is 1.87. The van der Waals surface area contributed by atoms with Crippen LogP contribution in [-0.4, -0.2) is 6.04 Å². The molecule has 0 aromatic heterocycles. The quantitative estimate of drug-likeness (QED) is 0.615. The van der Waals surface area contributed by atoms with Crippen LogP contribution >= 0.6 is 30.3 Å². The predicted octanol–water partition coefficient (Wildman–Crippen LogP) is 3.01. The maximum Gasteiger partial charge on any atom is 0.0176 e. The van der Waals surface area contributed by atoms with E-state index < -0.39 is 0 Å². The number of halogens is 1.